The minimum Gasteiger partial charge on any atom is -0.322 e. The molecule has 2 aromatic rings. The van der Waals surface area contributed by atoms with Gasteiger partial charge in [-0.2, -0.15) is 0 Å². The number of rotatable bonds is 2. The van der Waals surface area contributed by atoms with Crippen LogP contribution in [0.1, 0.15) is 13.3 Å². The first-order valence-corrected chi connectivity index (χ1v) is 4.37. The molecule has 0 amide bonds. The summed E-state index contributed by atoms with van der Waals surface area (Å²) < 4.78 is 0. The Labute approximate surface area is 76.5 Å². The third-order valence-corrected chi connectivity index (χ3v) is 1.77. The minimum atomic E-state index is 0.683. The van der Waals surface area contributed by atoms with Crippen molar-refractivity contribution in [3.05, 3.63) is 24.3 Å². The Hall–Kier alpha value is -1.64. The molecule has 0 saturated carbocycles. The van der Waals surface area contributed by atoms with Gasteiger partial charge >= 0.3 is 0 Å². The number of nitrogens with one attached hydrogen (secondary N) is 1. The summed E-state index contributed by atoms with van der Waals surface area (Å²) in [4.78, 5) is 11.6. The van der Waals surface area contributed by atoms with E-state index < -0.39 is 0 Å². The van der Waals surface area contributed by atoms with Gasteiger partial charge in [0.25, 0.3) is 0 Å². The number of imidazole rings is 1. The largest absolute Gasteiger partial charge is 0.322 e. The summed E-state index contributed by atoms with van der Waals surface area (Å²) in [6.07, 6.45) is 2.77. The van der Waals surface area contributed by atoms with Gasteiger partial charge in [0.05, 0.1) is 11.0 Å². The molecule has 0 unspecified atom stereocenters. The lowest BCUT2D eigenvalue weighted by Crippen LogP contribution is -1.69. The fourth-order valence-electron chi connectivity index (χ4n) is 1.18. The van der Waals surface area contributed by atoms with Crippen molar-refractivity contribution >= 4 is 23.2 Å². The van der Waals surface area contributed by atoms with Crippen LogP contribution in [0, 0.1) is 0 Å². The number of hydrogen-bond donors (Lipinski definition) is 1. The van der Waals surface area contributed by atoms with Gasteiger partial charge in [0.1, 0.15) is 0 Å². The van der Waals surface area contributed by atoms with E-state index >= 15 is 0 Å². The number of benzene rings is 1. The van der Waals surface area contributed by atoms with Crippen molar-refractivity contribution in [2.24, 2.45) is 4.99 Å². The zero-order valence-corrected chi connectivity index (χ0v) is 7.49. The molecule has 0 aliphatic rings. The Kier molecular flexibility index (Phi) is 2.08. The fraction of sp³-hybridized carbons (Fsp3) is 0.200. The molecule has 0 fully saturated rings. The quantitative estimate of drug-likeness (QED) is 0.697. The van der Waals surface area contributed by atoms with E-state index in [-0.39, 0.29) is 0 Å². The Morgan fingerprint density at radius 1 is 1.46 bits per heavy atom. The van der Waals surface area contributed by atoms with Crippen LogP contribution in [0.5, 0.6) is 0 Å². The van der Waals surface area contributed by atoms with E-state index in [4.69, 9.17) is 0 Å². The van der Waals surface area contributed by atoms with Crippen molar-refractivity contribution in [3.8, 4) is 0 Å². The second-order valence-electron chi connectivity index (χ2n) is 2.80. The lowest BCUT2D eigenvalue weighted by atomic mass is 10.3. The number of nitrogens with zero attached hydrogens (tertiary/aromatic N) is 2. The van der Waals surface area contributed by atoms with Gasteiger partial charge in [-0.25, -0.2) is 9.98 Å². The summed E-state index contributed by atoms with van der Waals surface area (Å²) >= 11 is 0. The molecule has 66 valence electrons. The molecule has 13 heavy (non-hydrogen) atoms. The maximum Gasteiger partial charge on any atom is 0.227 e. The van der Waals surface area contributed by atoms with Gasteiger partial charge in [0, 0.05) is 6.21 Å². The lowest BCUT2D eigenvalue weighted by Gasteiger charge is -1.81. The van der Waals surface area contributed by atoms with Crippen LogP contribution in [0.4, 0.5) is 5.95 Å². The smallest absolute Gasteiger partial charge is 0.227 e. The second-order valence-corrected chi connectivity index (χ2v) is 2.80. The van der Waals surface area contributed by atoms with Gasteiger partial charge in [-0.05, 0) is 18.6 Å². The van der Waals surface area contributed by atoms with Crippen molar-refractivity contribution in [3.63, 3.8) is 0 Å². The third-order valence-electron chi connectivity index (χ3n) is 1.77. The van der Waals surface area contributed by atoms with Crippen LogP contribution < -0.4 is 0 Å². The van der Waals surface area contributed by atoms with E-state index in [1.165, 1.54) is 0 Å². The molecule has 0 atom stereocenters. The number of fused-ring (bicyclic) bond motifs is 1. The van der Waals surface area contributed by atoms with Crippen molar-refractivity contribution in [1.29, 1.82) is 0 Å². The standard InChI is InChI=1S/C10H11N3/c1-2-7-11-10-12-8-5-3-4-6-9(8)13-10/h3-7H,2H2,1H3,(H,12,13)/b11-7-. The van der Waals surface area contributed by atoms with E-state index in [0.29, 0.717) is 5.95 Å². The van der Waals surface area contributed by atoms with E-state index in [0.717, 1.165) is 17.5 Å². The molecule has 3 nitrogen and oxygen atoms in total. The number of H-pyrrole nitrogens is 1. The topological polar surface area (TPSA) is 41.0 Å². The zero-order chi connectivity index (χ0) is 9.10. The highest BCUT2D eigenvalue weighted by molar-refractivity contribution is 5.77. The predicted molar refractivity (Wildman–Crippen MR) is 54.5 cm³/mol. The van der Waals surface area contributed by atoms with Crippen LogP contribution >= 0.6 is 0 Å². The number of aliphatic imine (C=N–C) groups is 1. The summed E-state index contributed by atoms with van der Waals surface area (Å²) in [6.45, 7) is 2.05. The van der Waals surface area contributed by atoms with Crippen LogP contribution in [0.25, 0.3) is 11.0 Å². The maximum absolute atomic E-state index is 4.30. The SMILES string of the molecule is CC/C=N\c1nc2ccccc2[nH]1. The molecule has 1 aromatic heterocycles. The fourth-order valence-corrected chi connectivity index (χ4v) is 1.18. The van der Waals surface area contributed by atoms with Crippen LogP contribution in [0.15, 0.2) is 29.3 Å². The Bertz CT molecular complexity index is 395. The number of aromatic nitrogens is 2. The van der Waals surface area contributed by atoms with Gasteiger partial charge in [-0.15, -0.1) is 0 Å². The van der Waals surface area contributed by atoms with Crippen molar-refractivity contribution in [1.82, 2.24) is 9.97 Å². The molecule has 0 aliphatic heterocycles. The number of hydrogen-bond acceptors (Lipinski definition) is 2. The van der Waals surface area contributed by atoms with Crippen LogP contribution in [0.2, 0.25) is 0 Å². The van der Waals surface area contributed by atoms with Crippen molar-refractivity contribution in [2.45, 2.75) is 13.3 Å². The Balaban J connectivity index is 2.44. The summed E-state index contributed by atoms with van der Waals surface area (Å²) in [5, 5.41) is 0. The highest BCUT2D eigenvalue weighted by Gasteiger charge is 1.97. The van der Waals surface area contributed by atoms with Gasteiger partial charge < -0.3 is 4.98 Å². The summed E-state index contributed by atoms with van der Waals surface area (Å²) in [5.41, 5.74) is 2.00. The zero-order valence-electron chi connectivity index (χ0n) is 7.49. The van der Waals surface area contributed by atoms with Crippen molar-refractivity contribution < 1.29 is 0 Å². The van der Waals surface area contributed by atoms with Gasteiger partial charge in [-0.3, -0.25) is 0 Å². The van der Waals surface area contributed by atoms with E-state index in [1.54, 1.807) is 0 Å². The lowest BCUT2D eigenvalue weighted by molar-refractivity contribution is 1.24. The molecule has 1 aromatic carbocycles. The first-order valence-electron chi connectivity index (χ1n) is 4.37. The van der Waals surface area contributed by atoms with E-state index in [2.05, 4.69) is 15.0 Å². The molecule has 0 aliphatic carbocycles. The molecular weight excluding hydrogens is 162 g/mol. The van der Waals surface area contributed by atoms with Gasteiger partial charge in [0.15, 0.2) is 0 Å². The second kappa shape index (κ2) is 3.39. The normalized spacial score (nSPS) is 11.5. The Morgan fingerprint density at radius 2 is 2.31 bits per heavy atom. The molecule has 1 heterocycles. The van der Waals surface area contributed by atoms with Crippen LogP contribution in [0.3, 0.4) is 0 Å². The molecule has 3 heteroatoms. The third kappa shape index (κ3) is 1.59. The molecular formula is C10H11N3. The molecule has 0 saturated heterocycles. The summed E-state index contributed by atoms with van der Waals surface area (Å²) in [7, 11) is 0. The molecule has 0 bridgehead atoms. The average molecular weight is 173 g/mol. The highest BCUT2D eigenvalue weighted by atomic mass is 15.1. The first kappa shape index (κ1) is 7.98. The molecule has 1 N–H and O–H groups in total. The maximum atomic E-state index is 4.30. The van der Waals surface area contributed by atoms with Crippen LogP contribution in [-0.2, 0) is 0 Å². The van der Waals surface area contributed by atoms with Crippen LogP contribution in [-0.4, -0.2) is 16.2 Å². The highest BCUT2D eigenvalue weighted by Crippen LogP contribution is 2.14. The average Bonchev–Trinajstić information content (AvgIpc) is 2.57. The van der Waals surface area contributed by atoms with Gasteiger partial charge in [0.2, 0.25) is 5.95 Å². The number of para-hydroxylation sites is 2. The monoisotopic (exact) mass is 173 g/mol. The molecule has 2 rings (SSSR count). The van der Waals surface area contributed by atoms with Gasteiger partial charge in [-0.1, -0.05) is 19.1 Å². The minimum absolute atomic E-state index is 0.683. The predicted octanol–water partition coefficient (Wildman–Crippen LogP) is 2.68. The Morgan fingerprint density at radius 3 is 3.08 bits per heavy atom. The summed E-state index contributed by atoms with van der Waals surface area (Å²) in [5.74, 6) is 0.683. The number of aromatic amines is 1. The van der Waals surface area contributed by atoms with E-state index in [9.17, 15) is 0 Å². The van der Waals surface area contributed by atoms with Crippen molar-refractivity contribution in [2.75, 3.05) is 0 Å². The van der Waals surface area contributed by atoms with E-state index in [1.807, 2.05) is 37.4 Å². The summed E-state index contributed by atoms with van der Waals surface area (Å²) in [6, 6.07) is 7.91. The molecule has 0 spiro atoms. The molecule has 0 radical (unpaired) electrons. The first-order chi connectivity index (χ1) is 6.40.